The maximum absolute atomic E-state index is 13.5. The molecular formula is C40H27N3O11S5. The van der Waals surface area contributed by atoms with E-state index in [-0.39, 0.29) is 6.61 Å². The molecule has 0 bridgehead atoms. The summed E-state index contributed by atoms with van der Waals surface area (Å²) < 4.78 is 34.8. The normalized spacial score (nSPS) is 15.1. The Hall–Kier alpha value is -5.47. The SMILES string of the molecule is CC1=C(C)SC(=c2c3ccccc3c(=C3SC(C)=C(COC(=O)CCS(=O)(=O)c4cc5c(c([N+](=O)[O-])c4)-c4c(cc([N+](=O)[O-])cc4[N+](=O)[O-])C5=O)S3)c3ccccc23)S1. The molecule has 2 aliphatic heterocycles. The minimum Gasteiger partial charge on any atom is -0.460 e. The lowest BCUT2D eigenvalue weighted by molar-refractivity contribution is -0.394. The Balaban J connectivity index is 1.03. The van der Waals surface area contributed by atoms with E-state index in [4.69, 9.17) is 4.74 Å². The molecule has 0 saturated carbocycles. The highest BCUT2D eigenvalue weighted by atomic mass is 32.2. The Morgan fingerprint density at radius 3 is 1.64 bits per heavy atom. The van der Waals surface area contributed by atoms with Crippen LogP contribution in [0.1, 0.15) is 43.1 Å². The molecule has 59 heavy (non-hydrogen) atoms. The number of nitro groups is 3. The number of rotatable bonds is 9. The predicted molar refractivity (Wildman–Crippen MR) is 232 cm³/mol. The predicted octanol–water partition coefficient (Wildman–Crippen LogP) is 8.91. The molecule has 8 rings (SSSR count). The summed E-state index contributed by atoms with van der Waals surface area (Å²) in [6, 6.07) is 19.4. The molecule has 0 saturated heterocycles. The number of fused-ring (bicyclic) bond motifs is 5. The molecule has 0 spiro atoms. The fourth-order valence-electron chi connectivity index (χ4n) is 7.12. The number of ketones is 1. The average molecular weight is 886 g/mol. The fourth-order valence-corrected chi connectivity index (χ4v) is 13.7. The minimum atomic E-state index is -4.47. The van der Waals surface area contributed by atoms with Crippen LogP contribution in [0.5, 0.6) is 0 Å². The summed E-state index contributed by atoms with van der Waals surface area (Å²) in [6.45, 7) is 6.05. The molecule has 298 valence electrons. The van der Waals surface area contributed by atoms with Crippen LogP contribution in [-0.2, 0) is 19.4 Å². The van der Waals surface area contributed by atoms with Gasteiger partial charge in [-0.15, -0.1) is 0 Å². The van der Waals surface area contributed by atoms with Gasteiger partial charge >= 0.3 is 5.97 Å². The third kappa shape index (κ3) is 7.09. The number of allylic oxidation sites excluding steroid dienone is 3. The summed E-state index contributed by atoms with van der Waals surface area (Å²) in [6.07, 6.45) is -0.626. The summed E-state index contributed by atoms with van der Waals surface area (Å²) in [5.74, 6) is -2.74. The Labute approximate surface area is 351 Å². The van der Waals surface area contributed by atoms with Gasteiger partial charge in [-0.25, -0.2) is 8.42 Å². The summed E-state index contributed by atoms with van der Waals surface area (Å²) in [4.78, 5) is 62.5. The Kier molecular flexibility index (Phi) is 10.4. The summed E-state index contributed by atoms with van der Waals surface area (Å²) in [7, 11) is -4.47. The zero-order chi connectivity index (χ0) is 42.1. The van der Waals surface area contributed by atoms with Crippen molar-refractivity contribution in [3.63, 3.8) is 0 Å². The van der Waals surface area contributed by atoms with Crippen molar-refractivity contribution in [1.82, 2.24) is 0 Å². The lowest BCUT2D eigenvalue weighted by Crippen LogP contribution is -2.17. The molecule has 0 radical (unpaired) electrons. The van der Waals surface area contributed by atoms with Gasteiger partial charge in [0.15, 0.2) is 15.6 Å². The second-order valence-electron chi connectivity index (χ2n) is 13.5. The zero-order valence-corrected chi connectivity index (χ0v) is 35.0. The van der Waals surface area contributed by atoms with Gasteiger partial charge < -0.3 is 4.74 Å². The van der Waals surface area contributed by atoms with Crippen LogP contribution in [0.15, 0.2) is 97.3 Å². The van der Waals surface area contributed by atoms with E-state index in [9.17, 15) is 48.3 Å². The van der Waals surface area contributed by atoms with Crippen LogP contribution in [0, 0.1) is 30.3 Å². The number of esters is 1. The largest absolute Gasteiger partial charge is 0.460 e. The molecule has 0 atom stereocenters. The minimum absolute atomic E-state index is 0.128. The third-order valence-corrected chi connectivity index (χ3v) is 17.0. The first-order valence-corrected chi connectivity index (χ1v) is 22.5. The van der Waals surface area contributed by atoms with E-state index in [1.807, 2.05) is 31.2 Å². The van der Waals surface area contributed by atoms with Gasteiger partial charge in [0, 0.05) is 43.5 Å². The molecule has 2 heterocycles. The van der Waals surface area contributed by atoms with Crippen molar-refractivity contribution in [3.05, 3.63) is 144 Å². The van der Waals surface area contributed by atoms with Gasteiger partial charge in [-0.3, -0.25) is 39.9 Å². The molecule has 5 aromatic carbocycles. The number of non-ortho nitro benzene ring substituents is 1. The van der Waals surface area contributed by atoms with Crippen LogP contribution in [0.2, 0.25) is 0 Å². The number of carbonyl (C=O) groups is 2. The van der Waals surface area contributed by atoms with Crippen LogP contribution in [-0.4, -0.2) is 47.3 Å². The van der Waals surface area contributed by atoms with Crippen molar-refractivity contribution in [2.24, 2.45) is 0 Å². The topological polar surface area (TPSA) is 207 Å². The summed E-state index contributed by atoms with van der Waals surface area (Å²) >= 11 is 6.62. The number of sulfone groups is 1. The third-order valence-electron chi connectivity index (χ3n) is 10.0. The first-order chi connectivity index (χ1) is 28.0. The van der Waals surface area contributed by atoms with Gasteiger partial charge in [0.2, 0.25) is 0 Å². The van der Waals surface area contributed by atoms with Gasteiger partial charge in [0.25, 0.3) is 17.1 Å². The summed E-state index contributed by atoms with van der Waals surface area (Å²) in [5, 5.41) is 42.2. The lowest BCUT2D eigenvalue weighted by atomic mass is 9.99. The van der Waals surface area contributed by atoms with E-state index in [2.05, 4.69) is 38.1 Å². The van der Waals surface area contributed by atoms with Crippen molar-refractivity contribution in [2.75, 3.05) is 12.4 Å². The number of nitrogens with zero attached hydrogens (tertiary/aromatic N) is 3. The number of nitro benzene ring substituents is 3. The van der Waals surface area contributed by atoms with Crippen LogP contribution >= 0.6 is 47.0 Å². The summed E-state index contributed by atoms with van der Waals surface area (Å²) in [5.41, 5.74) is -4.77. The van der Waals surface area contributed by atoms with Gasteiger partial charge in [0.1, 0.15) is 6.61 Å². The molecule has 0 aromatic heterocycles. The molecule has 19 heteroatoms. The number of carbonyl (C=O) groups excluding carboxylic acids is 2. The number of thioether (sulfide) groups is 4. The molecule has 14 nitrogen and oxygen atoms in total. The molecule has 0 N–H and O–H groups in total. The highest BCUT2D eigenvalue weighted by Gasteiger charge is 2.42. The van der Waals surface area contributed by atoms with Crippen molar-refractivity contribution in [1.29, 1.82) is 0 Å². The number of benzene rings is 5. The fraction of sp³-hybridized carbons (Fsp3) is 0.150. The lowest BCUT2D eigenvalue weighted by Gasteiger charge is -2.11. The number of hydrogen-bond donors (Lipinski definition) is 0. The first-order valence-electron chi connectivity index (χ1n) is 17.5. The maximum Gasteiger partial charge on any atom is 0.307 e. The quantitative estimate of drug-likeness (QED) is 0.0575. The number of hydrogen-bond acceptors (Lipinski definition) is 15. The van der Waals surface area contributed by atoms with Crippen molar-refractivity contribution in [3.8, 4) is 11.1 Å². The second kappa shape index (κ2) is 15.3. The molecular weight excluding hydrogens is 859 g/mol. The number of ether oxygens (including phenoxy) is 1. The van der Waals surface area contributed by atoms with E-state index in [0.717, 1.165) is 52.9 Å². The van der Waals surface area contributed by atoms with Crippen LogP contribution in [0.3, 0.4) is 0 Å². The molecule has 0 unspecified atom stereocenters. The second-order valence-corrected chi connectivity index (χ2v) is 20.9. The van der Waals surface area contributed by atoms with Gasteiger partial charge in [-0.05, 0) is 58.2 Å². The van der Waals surface area contributed by atoms with Crippen LogP contribution < -0.4 is 10.4 Å². The molecule has 0 fully saturated rings. The Morgan fingerprint density at radius 2 is 1.14 bits per heavy atom. The van der Waals surface area contributed by atoms with Gasteiger partial charge in [0.05, 0.1) is 57.5 Å². The van der Waals surface area contributed by atoms with Gasteiger partial charge in [-0.1, -0.05) is 95.6 Å². The van der Waals surface area contributed by atoms with E-state index < -0.39 is 92.7 Å². The molecule has 5 aromatic rings. The van der Waals surface area contributed by atoms with E-state index in [1.54, 1.807) is 35.3 Å². The highest BCUT2D eigenvalue weighted by molar-refractivity contribution is 8.36. The molecule has 3 aliphatic rings. The smallest absolute Gasteiger partial charge is 0.307 e. The average Bonchev–Trinajstić information content (AvgIpc) is 3.84. The Bertz CT molecular complexity index is 3060. The highest BCUT2D eigenvalue weighted by Crippen LogP contribution is 2.52. The Morgan fingerprint density at radius 1 is 0.661 bits per heavy atom. The van der Waals surface area contributed by atoms with E-state index in [0.29, 0.717) is 12.1 Å². The first kappa shape index (κ1) is 40.3. The van der Waals surface area contributed by atoms with E-state index in [1.165, 1.54) is 31.0 Å². The van der Waals surface area contributed by atoms with Crippen LogP contribution in [0.25, 0.3) is 41.1 Å². The van der Waals surface area contributed by atoms with Crippen molar-refractivity contribution >= 4 is 116 Å². The van der Waals surface area contributed by atoms with Gasteiger partial charge in [-0.2, -0.15) is 0 Å². The van der Waals surface area contributed by atoms with Crippen molar-refractivity contribution in [2.45, 2.75) is 32.1 Å². The van der Waals surface area contributed by atoms with E-state index >= 15 is 0 Å². The standard InChI is InChI=1S/C40H27N3O11S5/c1-19-20(2)56-39(55-19)34-24-8-4-6-10-26(24)35(27-11-7-5-9-25(27)34)40-57-21(3)32(58-40)18-54-33(44)12-13-59(52,53)23-16-29-37(31(17-23)43(50)51)36-28(38(29)45)14-22(41(46)47)15-30(36)42(48)49/h4-11,14-17H,12-13,18H2,1-3H3. The molecule has 0 amide bonds. The zero-order valence-electron chi connectivity index (χ0n) is 30.9. The van der Waals surface area contributed by atoms with Crippen molar-refractivity contribution < 1.29 is 37.5 Å². The maximum atomic E-state index is 13.5. The monoisotopic (exact) mass is 885 g/mol. The van der Waals surface area contributed by atoms with Crippen LogP contribution in [0.4, 0.5) is 17.1 Å². The molecule has 1 aliphatic carbocycles.